The summed E-state index contributed by atoms with van der Waals surface area (Å²) < 4.78 is 8.56. The van der Waals surface area contributed by atoms with Gasteiger partial charge in [0.05, 0.1) is 23.8 Å². The van der Waals surface area contributed by atoms with Gasteiger partial charge in [0.25, 0.3) is 11.8 Å². The van der Waals surface area contributed by atoms with Crippen molar-refractivity contribution in [1.82, 2.24) is 14.4 Å². The van der Waals surface area contributed by atoms with Gasteiger partial charge in [-0.1, -0.05) is 12.1 Å². The minimum Gasteiger partial charge on any atom is -0.490 e. The maximum atomic E-state index is 12.8. The lowest BCUT2D eigenvalue weighted by Crippen LogP contribution is -2.31. The van der Waals surface area contributed by atoms with Gasteiger partial charge in [0, 0.05) is 42.8 Å². The van der Waals surface area contributed by atoms with E-state index in [4.69, 9.17) is 4.74 Å². The third-order valence-electron chi connectivity index (χ3n) is 8.28. The van der Waals surface area contributed by atoms with Gasteiger partial charge in [0.1, 0.15) is 5.75 Å². The molecular formula is C30H35N3O4. The van der Waals surface area contributed by atoms with E-state index in [1.807, 2.05) is 0 Å². The van der Waals surface area contributed by atoms with Crippen molar-refractivity contribution >= 4 is 22.7 Å². The maximum Gasteiger partial charge on any atom is 0.261 e. The van der Waals surface area contributed by atoms with Gasteiger partial charge in [-0.05, 0) is 87.4 Å². The van der Waals surface area contributed by atoms with Crippen molar-refractivity contribution in [3.05, 3.63) is 65.4 Å². The van der Waals surface area contributed by atoms with Gasteiger partial charge in [-0.15, -0.1) is 0 Å². The molecule has 0 bridgehead atoms. The van der Waals surface area contributed by atoms with Crippen LogP contribution in [-0.2, 0) is 13.1 Å². The van der Waals surface area contributed by atoms with Crippen molar-refractivity contribution in [2.24, 2.45) is 0 Å². The smallest absolute Gasteiger partial charge is 0.261 e. The molecule has 2 aliphatic heterocycles. The molecule has 0 radical (unpaired) electrons. The van der Waals surface area contributed by atoms with Crippen molar-refractivity contribution < 1.29 is 19.4 Å². The molecule has 1 aliphatic carbocycles. The zero-order valence-electron chi connectivity index (χ0n) is 21.3. The number of hydrogen-bond acceptors (Lipinski definition) is 5. The van der Waals surface area contributed by atoms with Crippen LogP contribution in [0.25, 0.3) is 10.9 Å². The molecule has 2 fully saturated rings. The maximum absolute atomic E-state index is 12.8. The summed E-state index contributed by atoms with van der Waals surface area (Å²) in [4.78, 5) is 29.3. The SMILES string of the molecule is O=C1c2ccccc2C(=O)N1CCCn1cc(CN2CCC[C@H]2CO)c2cc(OC3CCCC3)ccc21. The summed E-state index contributed by atoms with van der Waals surface area (Å²) in [7, 11) is 0. The predicted octanol–water partition coefficient (Wildman–Crippen LogP) is 4.61. The molecule has 0 unspecified atom stereocenters. The van der Waals surface area contributed by atoms with E-state index in [1.54, 1.807) is 24.3 Å². The van der Waals surface area contributed by atoms with Crippen LogP contribution in [0.15, 0.2) is 48.7 Å². The largest absolute Gasteiger partial charge is 0.490 e. The van der Waals surface area contributed by atoms with Gasteiger partial charge < -0.3 is 14.4 Å². The normalized spacial score (nSPS) is 20.5. The molecule has 2 aromatic carbocycles. The summed E-state index contributed by atoms with van der Waals surface area (Å²) in [6.45, 7) is 3.07. The van der Waals surface area contributed by atoms with Crippen LogP contribution < -0.4 is 4.74 Å². The monoisotopic (exact) mass is 501 g/mol. The number of amides is 2. The number of aliphatic hydroxyl groups is 1. The lowest BCUT2D eigenvalue weighted by atomic mass is 10.1. The van der Waals surface area contributed by atoms with Crippen LogP contribution >= 0.6 is 0 Å². The number of imide groups is 1. The van der Waals surface area contributed by atoms with Gasteiger partial charge in [-0.3, -0.25) is 19.4 Å². The van der Waals surface area contributed by atoms with E-state index in [-0.39, 0.29) is 24.5 Å². The summed E-state index contributed by atoms with van der Waals surface area (Å²) in [6, 6.07) is 13.6. The summed E-state index contributed by atoms with van der Waals surface area (Å²) in [5.41, 5.74) is 3.36. The lowest BCUT2D eigenvalue weighted by Gasteiger charge is -2.22. The highest BCUT2D eigenvalue weighted by molar-refractivity contribution is 6.21. The average molecular weight is 502 g/mol. The van der Waals surface area contributed by atoms with Crippen molar-refractivity contribution in [3.63, 3.8) is 0 Å². The summed E-state index contributed by atoms with van der Waals surface area (Å²) in [5.74, 6) is 0.525. The molecule has 1 aromatic heterocycles. The first kappa shape index (κ1) is 24.2. The second kappa shape index (κ2) is 10.3. The Morgan fingerprint density at radius 1 is 0.919 bits per heavy atom. The first-order valence-electron chi connectivity index (χ1n) is 13.7. The summed E-state index contributed by atoms with van der Waals surface area (Å²) in [6.07, 6.45) is 10.0. The van der Waals surface area contributed by atoms with Crippen LogP contribution in [-0.4, -0.2) is 63.1 Å². The van der Waals surface area contributed by atoms with E-state index in [9.17, 15) is 14.7 Å². The zero-order chi connectivity index (χ0) is 25.4. The molecule has 37 heavy (non-hydrogen) atoms. The van der Waals surface area contributed by atoms with Gasteiger partial charge in [0.15, 0.2) is 0 Å². The highest BCUT2D eigenvalue weighted by Gasteiger charge is 2.34. The Labute approximate surface area is 217 Å². The molecule has 194 valence electrons. The van der Waals surface area contributed by atoms with Crippen molar-refractivity contribution in [2.75, 3.05) is 19.7 Å². The number of aryl methyl sites for hydroxylation is 1. The zero-order valence-corrected chi connectivity index (χ0v) is 21.3. The Balaban J connectivity index is 1.21. The predicted molar refractivity (Wildman–Crippen MR) is 142 cm³/mol. The Kier molecular flexibility index (Phi) is 6.74. The molecule has 3 heterocycles. The fourth-order valence-corrected chi connectivity index (χ4v) is 6.30. The molecule has 2 amide bonds. The van der Waals surface area contributed by atoms with Crippen LogP contribution in [0.1, 0.15) is 71.2 Å². The van der Waals surface area contributed by atoms with Crippen molar-refractivity contribution in [3.8, 4) is 5.75 Å². The number of aliphatic hydroxyl groups excluding tert-OH is 1. The molecular weight excluding hydrogens is 466 g/mol. The minimum atomic E-state index is -0.198. The summed E-state index contributed by atoms with van der Waals surface area (Å²) in [5, 5.41) is 11.0. The third-order valence-corrected chi connectivity index (χ3v) is 8.28. The lowest BCUT2D eigenvalue weighted by molar-refractivity contribution is 0.0651. The quantitative estimate of drug-likeness (QED) is 0.434. The molecule has 1 atom stereocenters. The van der Waals surface area contributed by atoms with Crippen LogP contribution in [0, 0.1) is 0 Å². The number of carbonyl (C=O) groups excluding carboxylic acids is 2. The van der Waals surface area contributed by atoms with E-state index in [2.05, 4.69) is 33.9 Å². The Morgan fingerprint density at radius 3 is 2.41 bits per heavy atom. The molecule has 0 spiro atoms. The molecule has 6 rings (SSSR count). The molecule has 3 aliphatic rings. The first-order chi connectivity index (χ1) is 18.1. The highest BCUT2D eigenvalue weighted by atomic mass is 16.5. The molecule has 3 aromatic rings. The van der Waals surface area contributed by atoms with Gasteiger partial charge in [0.2, 0.25) is 0 Å². The van der Waals surface area contributed by atoms with Gasteiger partial charge in [-0.25, -0.2) is 0 Å². The number of ether oxygens (including phenoxy) is 1. The van der Waals surface area contributed by atoms with E-state index in [1.165, 1.54) is 28.7 Å². The topological polar surface area (TPSA) is 75.0 Å². The van der Waals surface area contributed by atoms with Crippen molar-refractivity contribution in [1.29, 1.82) is 0 Å². The second-order valence-corrected chi connectivity index (χ2v) is 10.7. The molecule has 7 heteroatoms. The van der Waals surface area contributed by atoms with Gasteiger partial charge in [-0.2, -0.15) is 0 Å². The van der Waals surface area contributed by atoms with E-state index < -0.39 is 0 Å². The van der Waals surface area contributed by atoms with Gasteiger partial charge >= 0.3 is 0 Å². The fourth-order valence-electron chi connectivity index (χ4n) is 6.30. The Morgan fingerprint density at radius 2 is 1.68 bits per heavy atom. The molecule has 7 nitrogen and oxygen atoms in total. The van der Waals surface area contributed by atoms with Crippen LogP contribution in [0.4, 0.5) is 0 Å². The number of carbonyl (C=O) groups is 2. The number of rotatable bonds is 9. The fraction of sp³-hybridized carbons (Fsp3) is 0.467. The standard InChI is InChI=1S/C30H35N3O4/c34-20-22-7-5-14-31(22)18-21-19-32(28-13-12-24(17-27(21)28)37-23-8-1-2-9-23)15-6-16-33-29(35)25-10-3-4-11-26(25)30(33)36/h3-4,10-13,17,19,22-23,34H,1-2,5-9,14-16,18,20H2/t22-/m0/s1. The van der Waals surface area contributed by atoms with E-state index in [0.717, 1.165) is 50.0 Å². The minimum absolute atomic E-state index is 0.189. The molecule has 1 saturated heterocycles. The number of benzene rings is 2. The summed E-state index contributed by atoms with van der Waals surface area (Å²) >= 11 is 0. The number of likely N-dealkylation sites (tertiary alicyclic amines) is 1. The Bertz CT molecular complexity index is 1270. The highest BCUT2D eigenvalue weighted by Crippen LogP contribution is 2.32. The van der Waals surface area contributed by atoms with E-state index in [0.29, 0.717) is 36.7 Å². The number of hydrogen-bond donors (Lipinski definition) is 1. The number of aromatic nitrogens is 1. The van der Waals surface area contributed by atoms with E-state index >= 15 is 0 Å². The third kappa shape index (κ3) is 4.66. The number of nitrogens with zero attached hydrogens (tertiary/aromatic N) is 3. The Hall–Kier alpha value is -3.16. The van der Waals surface area contributed by atoms with Crippen molar-refractivity contribution in [2.45, 2.75) is 70.2 Å². The first-order valence-corrected chi connectivity index (χ1v) is 13.7. The van der Waals surface area contributed by atoms with Crippen LogP contribution in [0.5, 0.6) is 5.75 Å². The van der Waals surface area contributed by atoms with Crippen LogP contribution in [0.3, 0.4) is 0 Å². The van der Waals surface area contributed by atoms with Crippen LogP contribution in [0.2, 0.25) is 0 Å². The average Bonchev–Trinajstić information content (AvgIpc) is 3.70. The molecule has 1 N–H and O–H groups in total. The second-order valence-electron chi connectivity index (χ2n) is 10.7. The molecule has 1 saturated carbocycles. The number of fused-ring (bicyclic) bond motifs is 2.